The highest BCUT2D eigenvalue weighted by Gasteiger charge is 2.15. The van der Waals surface area contributed by atoms with Crippen LogP contribution < -0.4 is 20.1 Å². The molecule has 0 aliphatic carbocycles. The standard InChI is InChI=1S/C37H44N4O6S2/c42-36(40-32-18-22-34(23-19-32)48(44,45)38-28-26-30-12-6-4-7-13-30)16-10-2-1-3-11-17-37(43)41-33-20-24-35(25-21-33)49(46,47)39-29-27-31-14-8-5-9-15-31/h4-9,12-15,18-25,38-39H,1-3,10-11,16-17,26-29H2,(H,40,42)(H,41,43). The van der Waals surface area contributed by atoms with Gasteiger partial charge < -0.3 is 10.6 Å². The number of anilines is 2. The zero-order valence-electron chi connectivity index (χ0n) is 27.4. The van der Waals surface area contributed by atoms with Gasteiger partial charge in [0.25, 0.3) is 0 Å². The average Bonchev–Trinajstić information content (AvgIpc) is 3.09. The molecule has 0 atom stereocenters. The van der Waals surface area contributed by atoms with Gasteiger partial charge in [-0.2, -0.15) is 0 Å². The molecular weight excluding hydrogens is 661 g/mol. The van der Waals surface area contributed by atoms with Crippen molar-refractivity contribution in [2.24, 2.45) is 0 Å². The predicted octanol–water partition coefficient (Wildman–Crippen LogP) is 6.04. The Labute approximate surface area is 289 Å². The first kappa shape index (κ1) is 37.5. The Morgan fingerprint density at radius 1 is 0.449 bits per heavy atom. The van der Waals surface area contributed by atoms with Crippen molar-refractivity contribution in [2.75, 3.05) is 23.7 Å². The monoisotopic (exact) mass is 704 g/mol. The lowest BCUT2D eigenvalue weighted by atomic mass is 10.1. The summed E-state index contributed by atoms with van der Waals surface area (Å²) in [4.78, 5) is 25.0. The minimum absolute atomic E-state index is 0.138. The number of amides is 2. The molecule has 0 spiro atoms. The van der Waals surface area contributed by atoms with Gasteiger partial charge in [-0.3, -0.25) is 9.59 Å². The highest BCUT2D eigenvalue weighted by molar-refractivity contribution is 7.89. The Morgan fingerprint density at radius 3 is 1.16 bits per heavy atom. The van der Waals surface area contributed by atoms with Crippen LogP contribution in [-0.4, -0.2) is 41.7 Å². The van der Waals surface area contributed by atoms with Gasteiger partial charge in [-0.15, -0.1) is 0 Å². The highest BCUT2D eigenvalue weighted by Crippen LogP contribution is 2.17. The smallest absolute Gasteiger partial charge is 0.240 e. The highest BCUT2D eigenvalue weighted by atomic mass is 32.2. The fourth-order valence-corrected chi connectivity index (χ4v) is 7.16. The number of hydrogen-bond donors (Lipinski definition) is 4. The van der Waals surface area contributed by atoms with Gasteiger partial charge in [0.05, 0.1) is 9.79 Å². The second kappa shape index (κ2) is 19.0. The first-order chi connectivity index (χ1) is 23.6. The molecule has 12 heteroatoms. The lowest BCUT2D eigenvalue weighted by molar-refractivity contribution is -0.117. The van der Waals surface area contributed by atoms with Crippen LogP contribution in [0.15, 0.2) is 119 Å². The summed E-state index contributed by atoms with van der Waals surface area (Å²) in [5.74, 6) is -0.282. The van der Waals surface area contributed by atoms with Crippen LogP contribution in [0.2, 0.25) is 0 Å². The molecule has 0 aliphatic rings. The molecule has 0 radical (unpaired) electrons. The van der Waals surface area contributed by atoms with Crippen molar-refractivity contribution in [1.82, 2.24) is 9.44 Å². The minimum Gasteiger partial charge on any atom is -0.326 e. The van der Waals surface area contributed by atoms with E-state index in [4.69, 9.17) is 0 Å². The van der Waals surface area contributed by atoms with Crippen molar-refractivity contribution in [3.63, 3.8) is 0 Å². The van der Waals surface area contributed by atoms with E-state index >= 15 is 0 Å². The second-order valence-electron chi connectivity index (χ2n) is 11.7. The fraction of sp³-hybridized carbons (Fsp3) is 0.297. The van der Waals surface area contributed by atoms with Gasteiger partial charge in [0.1, 0.15) is 0 Å². The number of carbonyl (C=O) groups excluding carboxylic acids is 2. The SMILES string of the molecule is O=C(CCCCCCCC(=O)Nc1ccc(S(=O)(=O)NCCc2ccccc2)cc1)Nc1ccc(S(=O)(=O)NCCc2ccccc2)cc1. The van der Waals surface area contributed by atoms with Crippen LogP contribution in [0.3, 0.4) is 0 Å². The van der Waals surface area contributed by atoms with E-state index in [1.54, 1.807) is 24.3 Å². The molecule has 0 unspecified atom stereocenters. The largest absolute Gasteiger partial charge is 0.326 e. The summed E-state index contributed by atoms with van der Waals surface area (Å²) in [5.41, 5.74) is 3.16. The number of rotatable bonds is 20. The van der Waals surface area contributed by atoms with E-state index in [2.05, 4.69) is 20.1 Å². The van der Waals surface area contributed by atoms with E-state index in [9.17, 15) is 26.4 Å². The number of unbranched alkanes of at least 4 members (excludes halogenated alkanes) is 4. The third kappa shape index (κ3) is 13.2. The van der Waals surface area contributed by atoms with Gasteiger partial charge in [0, 0.05) is 37.3 Å². The lowest BCUT2D eigenvalue weighted by Gasteiger charge is -2.09. The molecule has 4 N–H and O–H groups in total. The van der Waals surface area contributed by atoms with Crippen LogP contribution in [0.1, 0.15) is 56.1 Å². The molecule has 2 amide bonds. The number of nitrogens with one attached hydrogen (secondary N) is 4. The first-order valence-corrected chi connectivity index (χ1v) is 19.4. The Kier molecular flexibility index (Phi) is 14.5. The van der Waals surface area contributed by atoms with E-state index in [1.807, 2.05) is 60.7 Å². The molecule has 49 heavy (non-hydrogen) atoms. The fourth-order valence-electron chi connectivity index (χ4n) is 5.10. The van der Waals surface area contributed by atoms with Crippen molar-refractivity contribution in [3.8, 4) is 0 Å². The number of sulfonamides is 2. The third-order valence-electron chi connectivity index (χ3n) is 7.80. The zero-order chi connectivity index (χ0) is 35.0. The van der Waals surface area contributed by atoms with Gasteiger partial charge in [-0.25, -0.2) is 26.3 Å². The Bertz CT molecular complexity index is 1700. The molecule has 0 bridgehead atoms. The van der Waals surface area contributed by atoms with Crippen LogP contribution in [0.25, 0.3) is 0 Å². The molecule has 0 saturated heterocycles. The topological polar surface area (TPSA) is 151 Å². The Hall–Kier alpha value is -4.36. The van der Waals surface area contributed by atoms with E-state index in [-0.39, 0.29) is 34.7 Å². The van der Waals surface area contributed by atoms with E-state index in [1.165, 1.54) is 24.3 Å². The number of carbonyl (C=O) groups is 2. The van der Waals surface area contributed by atoms with Gasteiger partial charge in [-0.1, -0.05) is 79.9 Å². The summed E-state index contributed by atoms with van der Waals surface area (Å²) in [7, 11) is -7.30. The van der Waals surface area contributed by atoms with Crippen molar-refractivity contribution in [3.05, 3.63) is 120 Å². The van der Waals surface area contributed by atoms with Crippen LogP contribution in [0.5, 0.6) is 0 Å². The molecule has 0 heterocycles. The minimum atomic E-state index is -3.65. The second-order valence-corrected chi connectivity index (χ2v) is 15.2. The lowest BCUT2D eigenvalue weighted by Crippen LogP contribution is -2.26. The summed E-state index contributed by atoms with van der Waals surface area (Å²) in [5, 5.41) is 5.62. The third-order valence-corrected chi connectivity index (χ3v) is 10.8. The molecular formula is C37H44N4O6S2. The Morgan fingerprint density at radius 2 is 0.796 bits per heavy atom. The van der Waals surface area contributed by atoms with Gasteiger partial charge >= 0.3 is 0 Å². The van der Waals surface area contributed by atoms with Crippen molar-refractivity contribution < 1.29 is 26.4 Å². The Balaban J connectivity index is 1.05. The molecule has 4 aromatic rings. The summed E-state index contributed by atoms with van der Waals surface area (Å²) in [6.45, 7) is 0.578. The summed E-state index contributed by atoms with van der Waals surface area (Å²) >= 11 is 0. The van der Waals surface area contributed by atoms with Crippen LogP contribution in [-0.2, 0) is 42.5 Å². The van der Waals surface area contributed by atoms with Crippen LogP contribution >= 0.6 is 0 Å². The molecule has 4 aromatic carbocycles. The average molecular weight is 705 g/mol. The first-order valence-electron chi connectivity index (χ1n) is 16.5. The summed E-state index contributed by atoms with van der Waals surface area (Å²) in [6.07, 6.45) is 5.83. The van der Waals surface area contributed by atoms with Crippen molar-refractivity contribution >= 4 is 43.2 Å². The molecule has 0 fully saturated rings. The quantitative estimate of drug-likeness (QED) is 0.0825. The maximum Gasteiger partial charge on any atom is 0.240 e. The molecule has 0 saturated carbocycles. The zero-order valence-corrected chi connectivity index (χ0v) is 29.1. The molecule has 0 aliphatic heterocycles. The summed E-state index contributed by atoms with van der Waals surface area (Å²) in [6, 6.07) is 31.5. The summed E-state index contributed by atoms with van der Waals surface area (Å²) < 4.78 is 55.6. The van der Waals surface area contributed by atoms with E-state index < -0.39 is 20.0 Å². The molecule has 0 aromatic heterocycles. The van der Waals surface area contributed by atoms with Crippen LogP contribution in [0.4, 0.5) is 11.4 Å². The predicted molar refractivity (Wildman–Crippen MR) is 193 cm³/mol. The molecule has 10 nitrogen and oxygen atoms in total. The van der Waals surface area contributed by atoms with E-state index in [0.717, 1.165) is 30.4 Å². The van der Waals surface area contributed by atoms with Gasteiger partial charge in [-0.05, 0) is 85.3 Å². The number of hydrogen-bond acceptors (Lipinski definition) is 6. The van der Waals surface area contributed by atoms with E-state index in [0.29, 0.717) is 49.9 Å². The van der Waals surface area contributed by atoms with Crippen molar-refractivity contribution in [2.45, 2.75) is 67.6 Å². The molecule has 4 rings (SSSR count). The normalized spacial score (nSPS) is 11.6. The maximum atomic E-state index is 12.6. The van der Waals surface area contributed by atoms with Crippen molar-refractivity contribution in [1.29, 1.82) is 0 Å². The molecule has 260 valence electrons. The van der Waals surface area contributed by atoms with Gasteiger partial charge in [0.2, 0.25) is 31.9 Å². The maximum absolute atomic E-state index is 12.6. The number of benzene rings is 4. The van der Waals surface area contributed by atoms with Crippen LogP contribution in [0, 0.1) is 0 Å². The van der Waals surface area contributed by atoms with Gasteiger partial charge in [0.15, 0.2) is 0 Å².